The van der Waals surface area contributed by atoms with Gasteiger partial charge in [0.25, 0.3) is 0 Å². The van der Waals surface area contributed by atoms with E-state index in [1.807, 2.05) is 0 Å². The summed E-state index contributed by atoms with van der Waals surface area (Å²) < 4.78 is 5.73. The number of rotatable bonds is 14. The maximum absolute atomic E-state index is 12.0. The summed E-state index contributed by atoms with van der Waals surface area (Å²) in [5.41, 5.74) is 0. The van der Waals surface area contributed by atoms with E-state index in [2.05, 4.69) is 27.7 Å². The second-order valence-corrected chi connectivity index (χ2v) is 6.91. The average Bonchev–Trinajstić information content (AvgIpc) is 2.54. The predicted octanol–water partition coefficient (Wildman–Crippen LogP) is 6.01. The highest BCUT2D eigenvalue weighted by Crippen LogP contribution is 2.24. The number of hydrogen-bond donors (Lipinski definition) is 1. The van der Waals surface area contributed by atoms with Crippen LogP contribution < -0.4 is 0 Å². The van der Waals surface area contributed by atoms with Gasteiger partial charge in [0.15, 0.2) is 5.90 Å². The van der Waals surface area contributed by atoms with Crippen molar-refractivity contribution in [3.63, 3.8) is 0 Å². The van der Waals surface area contributed by atoms with Crippen LogP contribution in [0.5, 0.6) is 0 Å². The van der Waals surface area contributed by atoms with E-state index in [0.29, 0.717) is 18.4 Å². The standard InChI is InChI=1S/C20H39NO2/c1-6-10-12-17(8-3)14-19(16(5)22)20(21)23-15-18(9-4)13-11-7-2/h17-19,21H,6-15H2,1-5H3. The van der Waals surface area contributed by atoms with Crippen LogP contribution in [0.25, 0.3) is 0 Å². The number of ketones is 1. The fraction of sp³-hybridized carbons (Fsp3) is 0.900. The molecule has 0 fully saturated rings. The molecule has 0 bridgehead atoms. The second kappa shape index (κ2) is 13.6. The summed E-state index contributed by atoms with van der Waals surface area (Å²) in [4.78, 5) is 12.0. The van der Waals surface area contributed by atoms with Gasteiger partial charge in [-0.25, -0.2) is 0 Å². The third kappa shape index (κ3) is 9.78. The van der Waals surface area contributed by atoms with Crippen molar-refractivity contribution in [3.05, 3.63) is 0 Å². The van der Waals surface area contributed by atoms with Crippen molar-refractivity contribution >= 4 is 11.7 Å². The smallest absolute Gasteiger partial charge is 0.191 e. The van der Waals surface area contributed by atoms with Crippen molar-refractivity contribution in [2.24, 2.45) is 17.8 Å². The van der Waals surface area contributed by atoms with E-state index in [0.717, 1.165) is 32.1 Å². The molecule has 0 aliphatic carbocycles. The fourth-order valence-electron chi connectivity index (χ4n) is 2.98. The van der Waals surface area contributed by atoms with E-state index in [-0.39, 0.29) is 17.6 Å². The molecule has 3 nitrogen and oxygen atoms in total. The first kappa shape index (κ1) is 22.1. The predicted molar refractivity (Wildman–Crippen MR) is 99.1 cm³/mol. The summed E-state index contributed by atoms with van der Waals surface area (Å²) in [5.74, 6) is 0.953. The number of Topliss-reactive ketones (excluding diaryl/α,β-unsaturated/α-hetero) is 1. The van der Waals surface area contributed by atoms with Gasteiger partial charge in [-0.05, 0) is 31.6 Å². The molecule has 0 aromatic carbocycles. The van der Waals surface area contributed by atoms with Gasteiger partial charge >= 0.3 is 0 Å². The first-order valence-corrected chi connectivity index (χ1v) is 9.71. The van der Waals surface area contributed by atoms with Gasteiger partial charge in [-0.3, -0.25) is 10.2 Å². The monoisotopic (exact) mass is 325 g/mol. The summed E-state index contributed by atoms with van der Waals surface area (Å²) in [7, 11) is 0. The van der Waals surface area contributed by atoms with Crippen molar-refractivity contribution in [3.8, 4) is 0 Å². The summed E-state index contributed by atoms with van der Waals surface area (Å²) >= 11 is 0. The Morgan fingerprint density at radius 1 is 0.957 bits per heavy atom. The number of nitrogens with one attached hydrogen (secondary N) is 1. The zero-order chi connectivity index (χ0) is 17.7. The Balaban J connectivity index is 4.51. The lowest BCUT2D eigenvalue weighted by Crippen LogP contribution is -2.28. The molecule has 0 spiro atoms. The molecule has 136 valence electrons. The van der Waals surface area contributed by atoms with Gasteiger partial charge in [-0.15, -0.1) is 0 Å². The zero-order valence-electron chi connectivity index (χ0n) is 16.1. The minimum absolute atomic E-state index is 0.0755. The summed E-state index contributed by atoms with van der Waals surface area (Å²) in [6, 6.07) is 0. The first-order valence-electron chi connectivity index (χ1n) is 9.71. The molecule has 0 heterocycles. The normalized spacial score (nSPS) is 15.0. The topological polar surface area (TPSA) is 50.1 Å². The van der Waals surface area contributed by atoms with Gasteiger partial charge in [0, 0.05) is 0 Å². The molecule has 0 rings (SSSR count). The summed E-state index contributed by atoms with van der Waals surface area (Å²) in [5, 5.41) is 8.22. The zero-order valence-corrected chi connectivity index (χ0v) is 16.1. The van der Waals surface area contributed by atoms with E-state index >= 15 is 0 Å². The highest BCUT2D eigenvalue weighted by atomic mass is 16.5. The molecule has 3 heteroatoms. The molecule has 3 atom stereocenters. The minimum atomic E-state index is -0.347. The Morgan fingerprint density at radius 3 is 1.91 bits per heavy atom. The van der Waals surface area contributed by atoms with Crippen LogP contribution in [0.4, 0.5) is 0 Å². The van der Waals surface area contributed by atoms with E-state index in [1.165, 1.54) is 25.7 Å². The van der Waals surface area contributed by atoms with Gasteiger partial charge < -0.3 is 4.74 Å². The van der Waals surface area contributed by atoms with Gasteiger partial charge in [0.2, 0.25) is 0 Å². The second-order valence-electron chi connectivity index (χ2n) is 6.91. The lowest BCUT2D eigenvalue weighted by molar-refractivity contribution is -0.119. The van der Waals surface area contributed by atoms with Crippen molar-refractivity contribution in [2.75, 3.05) is 6.61 Å². The molecule has 0 aromatic heterocycles. The summed E-state index contributed by atoms with van der Waals surface area (Å²) in [6.45, 7) is 10.9. The van der Waals surface area contributed by atoms with Crippen molar-refractivity contribution in [1.29, 1.82) is 5.41 Å². The third-order valence-corrected chi connectivity index (χ3v) is 4.94. The van der Waals surface area contributed by atoms with Crippen LogP contribution in [0.1, 0.15) is 92.4 Å². The van der Waals surface area contributed by atoms with E-state index in [1.54, 1.807) is 6.92 Å². The van der Waals surface area contributed by atoms with Crippen LogP contribution in [0.2, 0.25) is 0 Å². The molecule has 0 aliphatic heterocycles. The number of ether oxygens (including phenoxy) is 1. The Morgan fingerprint density at radius 2 is 1.48 bits per heavy atom. The van der Waals surface area contributed by atoms with Crippen LogP contribution in [0, 0.1) is 23.2 Å². The molecule has 0 saturated heterocycles. The SMILES string of the molecule is CCCCC(CC)COC(=N)C(CC(CC)CCCC)C(C)=O. The van der Waals surface area contributed by atoms with E-state index < -0.39 is 0 Å². The van der Waals surface area contributed by atoms with Crippen LogP contribution in [-0.4, -0.2) is 18.3 Å². The Hall–Kier alpha value is -0.860. The Labute approximate surface area is 144 Å². The highest BCUT2D eigenvalue weighted by molar-refractivity contribution is 5.98. The summed E-state index contributed by atoms with van der Waals surface area (Å²) in [6.07, 6.45) is 10.0. The fourth-order valence-corrected chi connectivity index (χ4v) is 2.98. The Kier molecular flexibility index (Phi) is 13.1. The lowest BCUT2D eigenvalue weighted by atomic mass is 9.86. The first-order chi connectivity index (χ1) is 11.0. The van der Waals surface area contributed by atoms with Crippen LogP contribution in [0.15, 0.2) is 0 Å². The van der Waals surface area contributed by atoms with Crippen LogP contribution in [0.3, 0.4) is 0 Å². The van der Waals surface area contributed by atoms with Crippen LogP contribution in [-0.2, 0) is 9.53 Å². The molecule has 1 N–H and O–H groups in total. The molecular weight excluding hydrogens is 286 g/mol. The highest BCUT2D eigenvalue weighted by Gasteiger charge is 2.25. The van der Waals surface area contributed by atoms with Gasteiger partial charge in [0.1, 0.15) is 5.78 Å². The number of unbranched alkanes of at least 4 members (excludes halogenated alkanes) is 2. The van der Waals surface area contributed by atoms with Gasteiger partial charge in [-0.2, -0.15) is 0 Å². The average molecular weight is 326 g/mol. The van der Waals surface area contributed by atoms with E-state index in [9.17, 15) is 4.79 Å². The van der Waals surface area contributed by atoms with Crippen molar-refractivity contribution in [2.45, 2.75) is 92.4 Å². The largest absolute Gasteiger partial charge is 0.480 e. The quantitative estimate of drug-likeness (QED) is 0.314. The molecule has 0 amide bonds. The van der Waals surface area contributed by atoms with Crippen LogP contribution >= 0.6 is 0 Å². The van der Waals surface area contributed by atoms with Gasteiger partial charge in [-0.1, -0.05) is 72.6 Å². The molecule has 3 unspecified atom stereocenters. The number of carbonyl (C=O) groups excluding carboxylic acids is 1. The molecule has 0 saturated carbocycles. The maximum atomic E-state index is 12.0. The number of carbonyl (C=O) groups is 1. The lowest BCUT2D eigenvalue weighted by Gasteiger charge is -2.23. The molecule has 0 aromatic rings. The Bertz CT molecular complexity index is 328. The molecule has 0 radical (unpaired) electrons. The minimum Gasteiger partial charge on any atom is -0.480 e. The molecular formula is C20H39NO2. The molecule has 23 heavy (non-hydrogen) atoms. The van der Waals surface area contributed by atoms with E-state index in [4.69, 9.17) is 10.1 Å². The molecule has 0 aliphatic rings. The van der Waals surface area contributed by atoms with Gasteiger partial charge in [0.05, 0.1) is 12.5 Å². The van der Waals surface area contributed by atoms with Crippen molar-refractivity contribution < 1.29 is 9.53 Å². The number of hydrogen-bond acceptors (Lipinski definition) is 3. The maximum Gasteiger partial charge on any atom is 0.191 e. The van der Waals surface area contributed by atoms with Crippen molar-refractivity contribution in [1.82, 2.24) is 0 Å². The third-order valence-electron chi connectivity index (χ3n) is 4.94.